The SMILES string of the molecule is CNc1c(C)cc(OCC=C(Cl)Cl)cc1F. The van der Waals surface area contributed by atoms with Gasteiger partial charge in [0, 0.05) is 13.1 Å². The fourth-order valence-corrected chi connectivity index (χ4v) is 1.44. The Labute approximate surface area is 104 Å². The van der Waals surface area contributed by atoms with Crippen molar-refractivity contribution in [2.45, 2.75) is 6.92 Å². The number of benzene rings is 1. The van der Waals surface area contributed by atoms with Gasteiger partial charge >= 0.3 is 0 Å². The number of halogens is 3. The van der Waals surface area contributed by atoms with Crippen molar-refractivity contribution in [3.8, 4) is 5.75 Å². The molecule has 0 fully saturated rings. The van der Waals surface area contributed by atoms with E-state index >= 15 is 0 Å². The van der Waals surface area contributed by atoms with Crippen LogP contribution in [-0.4, -0.2) is 13.7 Å². The third kappa shape index (κ3) is 3.58. The molecule has 0 aliphatic rings. The van der Waals surface area contributed by atoms with Crippen LogP contribution in [0.1, 0.15) is 5.56 Å². The number of hydrogen-bond acceptors (Lipinski definition) is 2. The summed E-state index contributed by atoms with van der Waals surface area (Å²) in [4.78, 5) is 0. The van der Waals surface area contributed by atoms with Crippen LogP contribution in [0.5, 0.6) is 5.75 Å². The van der Waals surface area contributed by atoms with E-state index in [0.717, 1.165) is 5.56 Å². The standard InChI is InChI=1S/C11H12Cl2FNO/c1-7-5-8(16-4-3-10(12)13)6-9(14)11(7)15-2/h3,5-6,15H,4H2,1-2H3. The van der Waals surface area contributed by atoms with Gasteiger partial charge < -0.3 is 10.1 Å². The lowest BCUT2D eigenvalue weighted by Gasteiger charge is -2.10. The second-order valence-corrected chi connectivity index (χ2v) is 4.16. The van der Waals surface area contributed by atoms with Gasteiger partial charge in [-0.1, -0.05) is 23.2 Å². The molecule has 88 valence electrons. The first-order chi connectivity index (χ1) is 7.54. The summed E-state index contributed by atoms with van der Waals surface area (Å²) in [5.74, 6) is 0.0956. The van der Waals surface area contributed by atoms with E-state index in [2.05, 4.69) is 5.32 Å². The molecule has 0 aliphatic heterocycles. The summed E-state index contributed by atoms with van der Waals surface area (Å²) in [6.45, 7) is 2.01. The zero-order valence-corrected chi connectivity index (χ0v) is 10.5. The van der Waals surface area contributed by atoms with Crippen LogP contribution < -0.4 is 10.1 Å². The van der Waals surface area contributed by atoms with Crippen LogP contribution in [-0.2, 0) is 0 Å². The van der Waals surface area contributed by atoms with E-state index in [0.29, 0.717) is 11.4 Å². The van der Waals surface area contributed by atoms with Crippen molar-refractivity contribution in [1.29, 1.82) is 0 Å². The number of rotatable bonds is 4. The van der Waals surface area contributed by atoms with Crippen molar-refractivity contribution in [2.75, 3.05) is 19.0 Å². The summed E-state index contributed by atoms with van der Waals surface area (Å²) in [5, 5.41) is 2.78. The number of ether oxygens (including phenoxy) is 1. The molecule has 0 amide bonds. The average molecular weight is 264 g/mol. The minimum Gasteiger partial charge on any atom is -0.489 e. The second-order valence-electron chi connectivity index (χ2n) is 3.15. The Hall–Kier alpha value is -0.930. The number of nitrogens with one attached hydrogen (secondary N) is 1. The Morgan fingerprint density at radius 1 is 1.50 bits per heavy atom. The molecule has 0 bridgehead atoms. The van der Waals surface area contributed by atoms with Crippen molar-refractivity contribution in [1.82, 2.24) is 0 Å². The van der Waals surface area contributed by atoms with Crippen LogP contribution >= 0.6 is 23.2 Å². The molecule has 0 spiro atoms. The molecule has 0 atom stereocenters. The first-order valence-electron chi connectivity index (χ1n) is 4.66. The number of anilines is 1. The van der Waals surface area contributed by atoms with E-state index < -0.39 is 0 Å². The van der Waals surface area contributed by atoms with Crippen LogP contribution in [0, 0.1) is 12.7 Å². The lowest BCUT2D eigenvalue weighted by Crippen LogP contribution is -1.99. The van der Waals surface area contributed by atoms with E-state index in [1.165, 1.54) is 12.1 Å². The Bertz CT molecular complexity index is 380. The lowest BCUT2D eigenvalue weighted by atomic mass is 10.2. The molecular weight excluding hydrogens is 252 g/mol. The van der Waals surface area contributed by atoms with Gasteiger partial charge in [0.25, 0.3) is 0 Å². The second kappa shape index (κ2) is 5.97. The topological polar surface area (TPSA) is 21.3 Å². The first-order valence-corrected chi connectivity index (χ1v) is 5.42. The summed E-state index contributed by atoms with van der Waals surface area (Å²) >= 11 is 10.8. The predicted octanol–water partition coefficient (Wildman–Crippen LogP) is 3.87. The summed E-state index contributed by atoms with van der Waals surface area (Å²) in [6.07, 6.45) is 1.49. The van der Waals surface area contributed by atoms with Crippen molar-refractivity contribution in [3.05, 3.63) is 34.1 Å². The third-order valence-electron chi connectivity index (χ3n) is 2.00. The number of aryl methyl sites for hydroxylation is 1. The quantitative estimate of drug-likeness (QED) is 0.891. The maximum Gasteiger partial charge on any atom is 0.150 e. The van der Waals surface area contributed by atoms with Gasteiger partial charge in [-0.05, 0) is 24.6 Å². The molecule has 0 saturated carbocycles. The van der Waals surface area contributed by atoms with Crippen molar-refractivity contribution in [3.63, 3.8) is 0 Å². The van der Waals surface area contributed by atoms with Gasteiger partial charge in [-0.15, -0.1) is 0 Å². The zero-order chi connectivity index (χ0) is 12.1. The molecule has 1 N–H and O–H groups in total. The van der Waals surface area contributed by atoms with E-state index in [1.54, 1.807) is 20.0 Å². The van der Waals surface area contributed by atoms with E-state index in [9.17, 15) is 4.39 Å². The molecule has 2 nitrogen and oxygen atoms in total. The van der Waals surface area contributed by atoms with Gasteiger partial charge in [0.05, 0.1) is 5.69 Å². The van der Waals surface area contributed by atoms with E-state index in [1.807, 2.05) is 0 Å². The van der Waals surface area contributed by atoms with Crippen LogP contribution in [0.25, 0.3) is 0 Å². The highest BCUT2D eigenvalue weighted by atomic mass is 35.5. The molecule has 1 rings (SSSR count). The highest BCUT2D eigenvalue weighted by Gasteiger charge is 2.06. The smallest absolute Gasteiger partial charge is 0.150 e. The van der Waals surface area contributed by atoms with Gasteiger partial charge in [0.1, 0.15) is 22.7 Å². The van der Waals surface area contributed by atoms with Crippen LogP contribution in [0.3, 0.4) is 0 Å². The molecule has 0 saturated heterocycles. The minimum atomic E-state index is -0.349. The molecule has 1 aromatic rings. The Morgan fingerprint density at radius 3 is 2.69 bits per heavy atom. The van der Waals surface area contributed by atoms with E-state index in [4.69, 9.17) is 27.9 Å². The Balaban J connectivity index is 2.80. The fourth-order valence-electron chi connectivity index (χ4n) is 1.31. The highest BCUT2D eigenvalue weighted by Crippen LogP contribution is 2.25. The zero-order valence-electron chi connectivity index (χ0n) is 8.98. The van der Waals surface area contributed by atoms with Crippen LogP contribution in [0.15, 0.2) is 22.7 Å². The summed E-state index contributed by atoms with van der Waals surface area (Å²) < 4.78 is 18.9. The summed E-state index contributed by atoms with van der Waals surface area (Å²) in [6, 6.07) is 3.06. The molecule has 0 aliphatic carbocycles. The molecule has 0 heterocycles. The van der Waals surface area contributed by atoms with Gasteiger partial charge in [-0.2, -0.15) is 0 Å². The summed E-state index contributed by atoms with van der Waals surface area (Å²) in [5.41, 5.74) is 1.25. The molecule has 5 heteroatoms. The third-order valence-corrected chi connectivity index (χ3v) is 2.31. The maximum absolute atomic E-state index is 13.5. The van der Waals surface area contributed by atoms with Gasteiger partial charge in [0.2, 0.25) is 0 Å². The van der Waals surface area contributed by atoms with Crippen molar-refractivity contribution < 1.29 is 9.13 Å². The van der Waals surface area contributed by atoms with Gasteiger partial charge in [-0.3, -0.25) is 0 Å². The molecule has 0 aromatic heterocycles. The molecule has 1 aromatic carbocycles. The summed E-state index contributed by atoms with van der Waals surface area (Å²) in [7, 11) is 1.67. The highest BCUT2D eigenvalue weighted by molar-refractivity contribution is 6.55. The molecule has 0 unspecified atom stereocenters. The monoisotopic (exact) mass is 263 g/mol. The first kappa shape index (κ1) is 13.1. The largest absolute Gasteiger partial charge is 0.489 e. The van der Waals surface area contributed by atoms with Crippen LogP contribution in [0.2, 0.25) is 0 Å². The fraction of sp³-hybridized carbons (Fsp3) is 0.273. The molecular formula is C11H12Cl2FNO. The van der Waals surface area contributed by atoms with Crippen molar-refractivity contribution in [2.24, 2.45) is 0 Å². The van der Waals surface area contributed by atoms with Gasteiger partial charge in [0.15, 0.2) is 0 Å². The van der Waals surface area contributed by atoms with Crippen molar-refractivity contribution >= 4 is 28.9 Å². The van der Waals surface area contributed by atoms with E-state index in [-0.39, 0.29) is 16.9 Å². The van der Waals surface area contributed by atoms with Gasteiger partial charge in [-0.25, -0.2) is 4.39 Å². The predicted molar refractivity (Wildman–Crippen MR) is 66.0 cm³/mol. The lowest BCUT2D eigenvalue weighted by molar-refractivity contribution is 0.360. The number of hydrogen-bond donors (Lipinski definition) is 1. The average Bonchev–Trinajstić information content (AvgIpc) is 2.16. The molecule has 0 radical (unpaired) electrons. The Kier molecular flexibility index (Phi) is 4.90. The van der Waals surface area contributed by atoms with Crippen LogP contribution in [0.4, 0.5) is 10.1 Å². The Morgan fingerprint density at radius 2 is 2.19 bits per heavy atom. The minimum absolute atomic E-state index is 0.129. The molecule has 16 heavy (non-hydrogen) atoms. The normalized spacial score (nSPS) is 9.81. The maximum atomic E-state index is 13.5.